The van der Waals surface area contributed by atoms with Crippen molar-refractivity contribution in [2.75, 3.05) is 6.54 Å². The van der Waals surface area contributed by atoms with Crippen LogP contribution in [0.2, 0.25) is 0 Å². The van der Waals surface area contributed by atoms with Gasteiger partial charge in [-0.05, 0) is 25.1 Å². The maximum Gasteiger partial charge on any atom is 0.130 e. The van der Waals surface area contributed by atoms with Gasteiger partial charge in [0.05, 0.1) is 5.69 Å². The lowest BCUT2D eigenvalue weighted by molar-refractivity contribution is 0.869. The molecule has 0 aliphatic heterocycles. The fraction of sp³-hybridized carbons (Fsp3) is 0.231. The first-order valence-corrected chi connectivity index (χ1v) is 5.39. The smallest absolute Gasteiger partial charge is 0.130 e. The van der Waals surface area contributed by atoms with Crippen LogP contribution in [0.5, 0.6) is 0 Å². The molecule has 82 valence electrons. The molecule has 0 unspecified atom stereocenters. The maximum absolute atomic E-state index is 5.50. The number of benzene rings is 1. The molecule has 16 heavy (non-hydrogen) atoms. The minimum Gasteiger partial charge on any atom is -0.330 e. The molecule has 0 aliphatic carbocycles. The third-order valence-electron chi connectivity index (χ3n) is 2.49. The predicted octanol–water partition coefficient (Wildman–Crippen LogP) is 1.95. The Kier molecular flexibility index (Phi) is 3.27. The van der Waals surface area contributed by atoms with E-state index in [0.717, 1.165) is 23.5 Å². The molecule has 0 saturated heterocycles. The first kappa shape index (κ1) is 10.8. The van der Waals surface area contributed by atoms with E-state index in [-0.39, 0.29) is 0 Å². The molecule has 1 aromatic heterocycles. The second-order valence-electron chi connectivity index (χ2n) is 3.71. The van der Waals surface area contributed by atoms with Crippen molar-refractivity contribution in [1.82, 2.24) is 9.97 Å². The first-order chi connectivity index (χ1) is 7.81. The third-order valence-corrected chi connectivity index (χ3v) is 2.49. The fourth-order valence-corrected chi connectivity index (χ4v) is 1.66. The van der Waals surface area contributed by atoms with E-state index in [2.05, 4.69) is 29.0 Å². The number of nitrogens with two attached hydrogens (primary N) is 1. The highest BCUT2D eigenvalue weighted by Gasteiger charge is 2.03. The van der Waals surface area contributed by atoms with Crippen LogP contribution in [0.1, 0.15) is 11.4 Å². The normalized spacial score (nSPS) is 10.4. The summed E-state index contributed by atoms with van der Waals surface area (Å²) >= 11 is 0. The van der Waals surface area contributed by atoms with Crippen molar-refractivity contribution in [1.29, 1.82) is 0 Å². The van der Waals surface area contributed by atoms with Crippen molar-refractivity contribution in [2.24, 2.45) is 5.73 Å². The van der Waals surface area contributed by atoms with Crippen LogP contribution >= 0.6 is 0 Å². The molecule has 0 aliphatic rings. The molecule has 0 bridgehead atoms. The van der Waals surface area contributed by atoms with Crippen molar-refractivity contribution >= 4 is 0 Å². The van der Waals surface area contributed by atoms with Gasteiger partial charge < -0.3 is 5.73 Å². The van der Waals surface area contributed by atoms with Gasteiger partial charge in [0.1, 0.15) is 5.82 Å². The van der Waals surface area contributed by atoms with Crippen LogP contribution in [0, 0.1) is 6.92 Å². The van der Waals surface area contributed by atoms with Crippen LogP contribution in [0.4, 0.5) is 0 Å². The summed E-state index contributed by atoms with van der Waals surface area (Å²) < 4.78 is 0. The van der Waals surface area contributed by atoms with E-state index >= 15 is 0 Å². The van der Waals surface area contributed by atoms with Crippen LogP contribution in [0.15, 0.2) is 36.5 Å². The molecule has 3 nitrogen and oxygen atoms in total. The van der Waals surface area contributed by atoms with Gasteiger partial charge in [-0.1, -0.05) is 24.3 Å². The predicted molar refractivity (Wildman–Crippen MR) is 65.0 cm³/mol. The van der Waals surface area contributed by atoms with Crippen molar-refractivity contribution < 1.29 is 0 Å². The molecular weight excluding hydrogens is 198 g/mol. The van der Waals surface area contributed by atoms with Crippen LogP contribution in [-0.2, 0) is 6.42 Å². The lowest BCUT2D eigenvalue weighted by atomic mass is 10.1. The Morgan fingerprint density at radius 2 is 2.00 bits per heavy atom. The van der Waals surface area contributed by atoms with E-state index in [0.29, 0.717) is 6.54 Å². The molecule has 0 atom stereocenters. The highest BCUT2D eigenvalue weighted by molar-refractivity contribution is 5.62. The van der Waals surface area contributed by atoms with Gasteiger partial charge in [0, 0.05) is 18.2 Å². The molecule has 2 rings (SSSR count). The number of hydrogen-bond donors (Lipinski definition) is 1. The molecule has 0 spiro atoms. The van der Waals surface area contributed by atoms with Gasteiger partial charge >= 0.3 is 0 Å². The Hall–Kier alpha value is -1.74. The first-order valence-electron chi connectivity index (χ1n) is 5.39. The molecule has 0 fully saturated rings. The van der Waals surface area contributed by atoms with E-state index in [4.69, 9.17) is 5.73 Å². The summed E-state index contributed by atoms with van der Waals surface area (Å²) in [6.45, 7) is 2.66. The van der Waals surface area contributed by atoms with E-state index in [1.165, 1.54) is 5.56 Å². The minimum atomic E-state index is 0.581. The van der Waals surface area contributed by atoms with E-state index < -0.39 is 0 Å². The largest absolute Gasteiger partial charge is 0.330 e. The summed E-state index contributed by atoms with van der Waals surface area (Å²) in [5.41, 5.74) is 8.85. The average Bonchev–Trinajstić information content (AvgIpc) is 2.30. The Morgan fingerprint density at radius 3 is 2.75 bits per heavy atom. The zero-order chi connectivity index (χ0) is 11.4. The standard InChI is InChI=1S/C13H15N3/c1-10-4-2-3-5-11(10)12-7-9-15-13(16-12)6-8-14/h2-5,7,9H,6,8,14H2,1H3. The zero-order valence-corrected chi connectivity index (χ0v) is 9.35. The fourth-order valence-electron chi connectivity index (χ4n) is 1.66. The van der Waals surface area contributed by atoms with E-state index in [1.807, 2.05) is 18.2 Å². The van der Waals surface area contributed by atoms with Crippen molar-refractivity contribution in [3.63, 3.8) is 0 Å². The Labute approximate surface area is 95.4 Å². The summed E-state index contributed by atoms with van der Waals surface area (Å²) in [4.78, 5) is 8.70. The van der Waals surface area contributed by atoms with Crippen LogP contribution < -0.4 is 5.73 Å². The number of aryl methyl sites for hydroxylation is 1. The van der Waals surface area contributed by atoms with Crippen LogP contribution in [0.3, 0.4) is 0 Å². The van der Waals surface area contributed by atoms with Gasteiger partial charge in [-0.25, -0.2) is 9.97 Å². The highest BCUT2D eigenvalue weighted by Crippen LogP contribution is 2.20. The molecule has 0 saturated carbocycles. The Bertz CT molecular complexity index is 480. The molecular formula is C13H15N3. The van der Waals surface area contributed by atoms with Crippen LogP contribution in [0.25, 0.3) is 11.3 Å². The van der Waals surface area contributed by atoms with Gasteiger partial charge in [-0.3, -0.25) is 0 Å². The Morgan fingerprint density at radius 1 is 1.19 bits per heavy atom. The second kappa shape index (κ2) is 4.86. The minimum absolute atomic E-state index is 0.581. The molecule has 1 aromatic carbocycles. The highest BCUT2D eigenvalue weighted by atomic mass is 14.9. The summed E-state index contributed by atoms with van der Waals surface area (Å²) in [6, 6.07) is 10.1. The summed E-state index contributed by atoms with van der Waals surface area (Å²) in [5.74, 6) is 0.809. The number of aromatic nitrogens is 2. The molecule has 2 N–H and O–H groups in total. The van der Waals surface area contributed by atoms with Gasteiger partial charge in [0.25, 0.3) is 0 Å². The maximum atomic E-state index is 5.50. The molecule has 2 aromatic rings. The Balaban J connectivity index is 2.40. The van der Waals surface area contributed by atoms with E-state index in [9.17, 15) is 0 Å². The van der Waals surface area contributed by atoms with Gasteiger partial charge in [-0.15, -0.1) is 0 Å². The number of rotatable bonds is 3. The SMILES string of the molecule is Cc1ccccc1-c1ccnc(CCN)n1. The quantitative estimate of drug-likeness (QED) is 0.847. The number of hydrogen-bond acceptors (Lipinski definition) is 3. The number of nitrogens with zero attached hydrogens (tertiary/aromatic N) is 2. The third kappa shape index (κ3) is 2.25. The molecule has 1 heterocycles. The summed E-state index contributed by atoms with van der Waals surface area (Å²) in [5, 5.41) is 0. The lowest BCUT2D eigenvalue weighted by Gasteiger charge is -2.05. The summed E-state index contributed by atoms with van der Waals surface area (Å²) in [6.07, 6.45) is 2.51. The van der Waals surface area contributed by atoms with Crippen molar-refractivity contribution in [3.8, 4) is 11.3 Å². The molecule has 3 heteroatoms. The summed E-state index contributed by atoms with van der Waals surface area (Å²) in [7, 11) is 0. The molecule has 0 radical (unpaired) electrons. The van der Waals surface area contributed by atoms with Crippen LogP contribution in [-0.4, -0.2) is 16.5 Å². The van der Waals surface area contributed by atoms with Gasteiger partial charge in [0.15, 0.2) is 0 Å². The monoisotopic (exact) mass is 213 g/mol. The second-order valence-corrected chi connectivity index (χ2v) is 3.71. The van der Waals surface area contributed by atoms with Crippen molar-refractivity contribution in [2.45, 2.75) is 13.3 Å². The topological polar surface area (TPSA) is 51.8 Å². The van der Waals surface area contributed by atoms with Gasteiger partial charge in [-0.2, -0.15) is 0 Å². The van der Waals surface area contributed by atoms with Gasteiger partial charge in [0.2, 0.25) is 0 Å². The lowest BCUT2D eigenvalue weighted by Crippen LogP contribution is -2.06. The molecule has 0 amide bonds. The van der Waals surface area contributed by atoms with Crippen molar-refractivity contribution in [3.05, 3.63) is 47.9 Å². The van der Waals surface area contributed by atoms with E-state index in [1.54, 1.807) is 6.20 Å². The zero-order valence-electron chi connectivity index (χ0n) is 9.35. The average molecular weight is 213 g/mol.